The van der Waals surface area contributed by atoms with Crippen LogP contribution in [0, 0.1) is 0 Å². The number of aliphatic carboxylic acids is 1. The number of rotatable bonds is 63. The van der Waals surface area contributed by atoms with Crippen LogP contribution in [0.5, 0.6) is 0 Å². The summed E-state index contributed by atoms with van der Waals surface area (Å²) in [6, 6.07) is 0. The van der Waals surface area contributed by atoms with Crippen molar-refractivity contribution in [1.82, 2.24) is 0 Å². The van der Waals surface area contributed by atoms with Gasteiger partial charge < -0.3 is 33.3 Å². The van der Waals surface area contributed by atoms with Crippen LogP contribution in [0.4, 0.5) is 0 Å². The minimum absolute atomic E-state index is 0.152. The summed E-state index contributed by atoms with van der Waals surface area (Å²) in [4.78, 5) is 37.4. The molecule has 77 heavy (non-hydrogen) atoms. The Morgan fingerprint density at radius 1 is 0.390 bits per heavy atom. The molecular formula is C68H129NO8. The zero-order chi connectivity index (χ0) is 56.2. The molecule has 0 radical (unpaired) electrons. The average Bonchev–Trinajstić information content (AvgIpc) is 3.40. The molecule has 0 aromatic heterocycles. The lowest BCUT2D eigenvalue weighted by atomic mass is 10.0. The first kappa shape index (κ1) is 74.8. The number of unbranched alkanes of at least 4 members (excludes halogenated alkanes) is 44. The van der Waals surface area contributed by atoms with E-state index in [2.05, 4.69) is 38.2 Å². The van der Waals surface area contributed by atoms with Gasteiger partial charge in [0.2, 0.25) is 0 Å². The highest BCUT2D eigenvalue weighted by Gasteiger charge is 2.22. The highest BCUT2D eigenvalue weighted by atomic mass is 16.7. The van der Waals surface area contributed by atoms with Crippen LogP contribution in [-0.4, -0.2) is 82.3 Å². The number of hydrogen-bond donors (Lipinski definition) is 0. The molecule has 9 nitrogen and oxygen atoms in total. The van der Waals surface area contributed by atoms with E-state index in [-0.39, 0.29) is 32.2 Å². The number of esters is 2. The van der Waals surface area contributed by atoms with Gasteiger partial charge >= 0.3 is 11.9 Å². The third kappa shape index (κ3) is 61.2. The van der Waals surface area contributed by atoms with E-state index >= 15 is 0 Å². The Hall–Kier alpha value is -2.23. The number of carbonyl (C=O) groups is 3. The summed E-state index contributed by atoms with van der Waals surface area (Å²) in [7, 11) is 5.94. The Morgan fingerprint density at radius 3 is 1.03 bits per heavy atom. The molecule has 0 saturated heterocycles. The van der Waals surface area contributed by atoms with Crippen LogP contribution >= 0.6 is 0 Å². The van der Waals surface area contributed by atoms with Gasteiger partial charge in [0.15, 0.2) is 12.4 Å². The summed E-state index contributed by atoms with van der Waals surface area (Å²) in [6.45, 7) is 4.81. The van der Waals surface area contributed by atoms with Gasteiger partial charge in [-0.05, 0) is 44.9 Å². The van der Waals surface area contributed by atoms with Crippen molar-refractivity contribution in [2.75, 3.05) is 47.5 Å². The van der Waals surface area contributed by atoms with E-state index in [1.54, 1.807) is 0 Å². The van der Waals surface area contributed by atoms with Crippen LogP contribution in [0.25, 0.3) is 0 Å². The second-order valence-corrected chi connectivity index (χ2v) is 24.1. The molecule has 2 unspecified atom stereocenters. The largest absolute Gasteiger partial charge is 0.545 e. The first-order valence-corrected chi connectivity index (χ1v) is 33.5. The summed E-state index contributed by atoms with van der Waals surface area (Å²) in [6.07, 6.45) is 69.7. The Labute approximate surface area is 478 Å². The minimum atomic E-state index is -1.62. The number of carboxylic acids is 1. The van der Waals surface area contributed by atoms with E-state index in [0.717, 1.165) is 44.9 Å². The molecule has 454 valence electrons. The van der Waals surface area contributed by atoms with E-state index in [9.17, 15) is 19.5 Å². The number of carbonyl (C=O) groups excluding carboxylic acids is 3. The van der Waals surface area contributed by atoms with Gasteiger partial charge in [-0.1, -0.05) is 301 Å². The van der Waals surface area contributed by atoms with E-state index in [4.69, 9.17) is 18.9 Å². The van der Waals surface area contributed by atoms with Crippen LogP contribution in [0.3, 0.4) is 0 Å². The lowest BCUT2D eigenvalue weighted by molar-refractivity contribution is -0.870. The highest BCUT2D eigenvalue weighted by Crippen LogP contribution is 2.18. The lowest BCUT2D eigenvalue weighted by Crippen LogP contribution is -2.44. The second kappa shape index (κ2) is 59.9. The van der Waals surface area contributed by atoms with Crippen LogP contribution in [0.2, 0.25) is 0 Å². The van der Waals surface area contributed by atoms with E-state index < -0.39 is 24.3 Å². The molecule has 0 aliphatic carbocycles. The maximum absolute atomic E-state index is 12.9. The van der Waals surface area contributed by atoms with E-state index in [1.807, 2.05) is 21.1 Å². The molecule has 0 bridgehead atoms. The monoisotopic (exact) mass is 1090 g/mol. The standard InChI is InChI=1S/C68H129NO8/c1-6-8-10-12-14-16-18-20-22-24-26-27-28-29-30-31-32-33-34-35-36-37-38-39-41-43-45-47-49-51-53-55-57-59-66(71)77-64(63-76-68(67(72)73)74-61-60-69(3,4)5)62-75-65(70)58-56-54-52-50-48-46-44-42-40-25-23-21-19-17-15-13-11-9-7-2/h18,20,24,26,64,68H,6-17,19,21-23,25,27-63H2,1-5H3/b20-18-,26-24-. The van der Waals surface area contributed by atoms with Gasteiger partial charge in [-0.25, -0.2) is 0 Å². The second-order valence-electron chi connectivity index (χ2n) is 24.1. The van der Waals surface area contributed by atoms with Crippen molar-refractivity contribution in [1.29, 1.82) is 0 Å². The first-order valence-electron chi connectivity index (χ1n) is 33.5. The molecule has 0 rings (SSSR count). The van der Waals surface area contributed by atoms with E-state index in [1.165, 1.54) is 263 Å². The van der Waals surface area contributed by atoms with Crippen molar-refractivity contribution in [3.05, 3.63) is 24.3 Å². The molecule has 0 amide bonds. The maximum atomic E-state index is 12.9. The Bertz CT molecular complexity index is 1310. The SMILES string of the molecule is CCCCCCC/C=C\C/C=C\CCCCCCCCCCCCCCCCCCCCCCCC(=O)OC(COC(=O)CCCCCCCCCCCCCCCCCCCCC)COC(OCC[N+](C)(C)C)C(=O)[O-]. The van der Waals surface area contributed by atoms with Crippen molar-refractivity contribution in [2.24, 2.45) is 0 Å². The van der Waals surface area contributed by atoms with Crippen molar-refractivity contribution in [2.45, 2.75) is 347 Å². The molecule has 2 atom stereocenters. The summed E-state index contributed by atoms with van der Waals surface area (Å²) < 4.78 is 22.8. The number of allylic oxidation sites excluding steroid dienone is 4. The summed E-state index contributed by atoms with van der Waals surface area (Å²) in [5, 5.41) is 11.8. The van der Waals surface area contributed by atoms with Crippen LogP contribution in [-0.2, 0) is 33.3 Å². The Balaban J connectivity index is 4.04. The van der Waals surface area contributed by atoms with Crippen molar-refractivity contribution in [3.8, 4) is 0 Å². The molecule has 0 aromatic rings. The summed E-state index contributed by atoms with van der Waals surface area (Å²) in [5.41, 5.74) is 0. The molecule has 0 saturated carbocycles. The van der Waals surface area contributed by atoms with Gasteiger partial charge in [-0.2, -0.15) is 0 Å². The van der Waals surface area contributed by atoms with Gasteiger partial charge in [0, 0.05) is 12.8 Å². The van der Waals surface area contributed by atoms with E-state index in [0.29, 0.717) is 17.4 Å². The fraction of sp³-hybridized carbons (Fsp3) is 0.897. The third-order valence-corrected chi connectivity index (χ3v) is 15.2. The molecule has 0 heterocycles. The van der Waals surface area contributed by atoms with Crippen LogP contribution < -0.4 is 5.11 Å². The predicted molar refractivity (Wildman–Crippen MR) is 325 cm³/mol. The molecule has 0 fully saturated rings. The zero-order valence-corrected chi connectivity index (χ0v) is 51.9. The number of ether oxygens (including phenoxy) is 4. The third-order valence-electron chi connectivity index (χ3n) is 15.2. The summed E-state index contributed by atoms with van der Waals surface area (Å²) >= 11 is 0. The van der Waals surface area contributed by atoms with Gasteiger partial charge in [0.25, 0.3) is 0 Å². The van der Waals surface area contributed by atoms with Gasteiger partial charge in [-0.15, -0.1) is 0 Å². The fourth-order valence-electron chi connectivity index (χ4n) is 10.0. The summed E-state index contributed by atoms with van der Waals surface area (Å²) in [5.74, 6) is -2.25. The predicted octanol–water partition coefficient (Wildman–Crippen LogP) is 18.9. The fourth-order valence-corrected chi connectivity index (χ4v) is 10.0. The van der Waals surface area contributed by atoms with Crippen molar-refractivity contribution < 1.29 is 42.9 Å². The molecule has 0 aliphatic heterocycles. The van der Waals surface area contributed by atoms with Crippen molar-refractivity contribution >= 4 is 17.9 Å². The minimum Gasteiger partial charge on any atom is -0.545 e. The topological polar surface area (TPSA) is 111 Å². The number of hydrogen-bond acceptors (Lipinski definition) is 8. The number of nitrogens with zero attached hydrogens (tertiary/aromatic N) is 1. The zero-order valence-electron chi connectivity index (χ0n) is 51.9. The normalized spacial score (nSPS) is 12.8. The van der Waals surface area contributed by atoms with Gasteiger partial charge in [0.05, 0.1) is 40.3 Å². The molecule has 9 heteroatoms. The maximum Gasteiger partial charge on any atom is 0.306 e. The lowest BCUT2D eigenvalue weighted by Gasteiger charge is -2.26. The quantitative estimate of drug-likeness (QED) is 0.0195. The van der Waals surface area contributed by atoms with Gasteiger partial charge in [-0.3, -0.25) is 9.59 Å². The molecular weight excluding hydrogens is 959 g/mol. The molecule has 0 spiro atoms. The number of likely N-dealkylation sites (N-methyl/N-ethyl adjacent to an activating group) is 1. The molecule has 0 aromatic carbocycles. The average molecular weight is 1090 g/mol. The highest BCUT2D eigenvalue weighted by molar-refractivity contribution is 5.70. The molecule has 0 aliphatic rings. The smallest absolute Gasteiger partial charge is 0.306 e. The number of quaternary nitrogens is 1. The molecule has 0 N–H and O–H groups in total. The Morgan fingerprint density at radius 2 is 0.701 bits per heavy atom. The van der Waals surface area contributed by atoms with Crippen LogP contribution in [0.1, 0.15) is 335 Å². The number of carboxylic acid groups (broad SMARTS) is 1. The van der Waals surface area contributed by atoms with Gasteiger partial charge in [0.1, 0.15) is 13.2 Å². The Kier molecular flexibility index (Phi) is 58.1. The van der Waals surface area contributed by atoms with Crippen LogP contribution in [0.15, 0.2) is 24.3 Å². The van der Waals surface area contributed by atoms with Crippen molar-refractivity contribution in [3.63, 3.8) is 0 Å². The first-order chi connectivity index (χ1) is 37.6.